The van der Waals surface area contributed by atoms with E-state index < -0.39 is 0 Å². The summed E-state index contributed by atoms with van der Waals surface area (Å²) in [6, 6.07) is 0. The topological polar surface area (TPSA) is 38.8 Å². The van der Waals surface area contributed by atoms with Gasteiger partial charge >= 0.3 is 0 Å². The molecule has 4 heteroatoms. The van der Waals surface area contributed by atoms with Crippen molar-refractivity contribution < 1.29 is 14.3 Å². The first-order valence-electron chi connectivity index (χ1n) is 5.27. The first kappa shape index (κ1) is 10.8. The number of ether oxygens (including phenoxy) is 2. The van der Waals surface area contributed by atoms with E-state index in [2.05, 4.69) is 0 Å². The van der Waals surface area contributed by atoms with Gasteiger partial charge in [0.05, 0.1) is 25.8 Å². The predicted molar refractivity (Wildman–Crippen MR) is 59.2 cm³/mol. The quantitative estimate of drug-likeness (QED) is 0.674. The zero-order chi connectivity index (χ0) is 11.5. The van der Waals surface area contributed by atoms with Crippen molar-refractivity contribution >= 4 is 5.91 Å². The average molecular weight is 221 g/mol. The Morgan fingerprint density at radius 2 is 2.31 bits per heavy atom. The lowest BCUT2D eigenvalue weighted by Gasteiger charge is -2.16. The Hall–Kier alpha value is -1.71. The number of nitrogens with zero attached hydrogens (tertiary/aromatic N) is 1. The summed E-state index contributed by atoms with van der Waals surface area (Å²) in [5.41, 5.74) is 0.771. The first-order valence-corrected chi connectivity index (χ1v) is 5.27. The molecule has 1 heterocycles. The molecular weight excluding hydrogens is 206 g/mol. The van der Waals surface area contributed by atoms with Crippen molar-refractivity contribution in [2.45, 2.75) is 12.8 Å². The molecule has 2 aliphatic rings. The zero-order valence-corrected chi connectivity index (χ0v) is 9.53. The van der Waals surface area contributed by atoms with E-state index in [0.717, 1.165) is 23.6 Å². The van der Waals surface area contributed by atoms with Crippen LogP contribution in [0.2, 0.25) is 0 Å². The molecule has 0 atom stereocenters. The minimum atomic E-state index is 0.0620. The van der Waals surface area contributed by atoms with E-state index in [0.29, 0.717) is 13.0 Å². The van der Waals surface area contributed by atoms with Crippen molar-refractivity contribution in [3.63, 3.8) is 0 Å². The van der Waals surface area contributed by atoms with Crippen LogP contribution in [-0.4, -0.2) is 31.6 Å². The number of carbonyl (C=O) groups excluding carboxylic acids is 1. The molecule has 0 spiro atoms. The van der Waals surface area contributed by atoms with Crippen molar-refractivity contribution in [2.24, 2.45) is 0 Å². The Morgan fingerprint density at radius 1 is 1.50 bits per heavy atom. The molecule has 0 fully saturated rings. The summed E-state index contributed by atoms with van der Waals surface area (Å²) in [6.45, 7) is 0.433. The van der Waals surface area contributed by atoms with E-state index in [9.17, 15) is 4.79 Å². The summed E-state index contributed by atoms with van der Waals surface area (Å²) in [5.74, 6) is 1.62. The monoisotopic (exact) mass is 221 g/mol. The van der Waals surface area contributed by atoms with Crippen molar-refractivity contribution in [2.75, 3.05) is 20.8 Å². The van der Waals surface area contributed by atoms with Crippen LogP contribution >= 0.6 is 0 Å². The lowest BCUT2D eigenvalue weighted by atomic mass is 10.3. The van der Waals surface area contributed by atoms with E-state index >= 15 is 0 Å². The number of carbonyl (C=O) groups is 1. The van der Waals surface area contributed by atoms with E-state index in [1.165, 1.54) is 0 Å². The molecule has 0 aromatic carbocycles. The van der Waals surface area contributed by atoms with Gasteiger partial charge in [-0.1, -0.05) is 6.08 Å². The van der Waals surface area contributed by atoms with Gasteiger partial charge in [-0.2, -0.15) is 0 Å². The third-order valence-electron chi connectivity index (χ3n) is 2.71. The smallest absolute Gasteiger partial charge is 0.230 e. The summed E-state index contributed by atoms with van der Waals surface area (Å²) >= 11 is 0. The summed E-state index contributed by atoms with van der Waals surface area (Å²) < 4.78 is 10.8. The van der Waals surface area contributed by atoms with E-state index in [1.54, 1.807) is 19.1 Å². The Labute approximate surface area is 94.8 Å². The van der Waals surface area contributed by atoms with Crippen LogP contribution in [0.1, 0.15) is 12.8 Å². The maximum atomic E-state index is 11.7. The maximum Gasteiger partial charge on any atom is 0.230 e. The van der Waals surface area contributed by atoms with Crippen molar-refractivity contribution in [1.82, 2.24) is 4.90 Å². The molecule has 0 unspecified atom stereocenters. The van der Waals surface area contributed by atoms with Crippen molar-refractivity contribution in [3.8, 4) is 0 Å². The van der Waals surface area contributed by atoms with Gasteiger partial charge < -0.3 is 14.4 Å². The number of hydrogen-bond donors (Lipinski definition) is 0. The molecule has 0 radical (unpaired) electrons. The van der Waals surface area contributed by atoms with Crippen LogP contribution in [0.5, 0.6) is 0 Å². The summed E-state index contributed by atoms with van der Waals surface area (Å²) in [7, 11) is 3.39. The van der Waals surface area contributed by atoms with Gasteiger partial charge in [0.25, 0.3) is 0 Å². The summed E-state index contributed by atoms with van der Waals surface area (Å²) in [4.78, 5) is 13.3. The summed E-state index contributed by atoms with van der Waals surface area (Å²) in [6.07, 6.45) is 6.86. The lowest BCUT2D eigenvalue weighted by Crippen LogP contribution is -2.24. The molecular formula is C12H15NO3. The highest BCUT2D eigenvalue weighted by molar-refractivity contribution is 5.79. The third-order valence-corrected chi connectivity index (χ3v) is 2.71. The van der Waals surface area contributed by atoms with E-state index in [4.69, 9.17) is 9.47 Å². The molecule has 86 valence electrons. The predicted octanol–water partition coefficient (Wildman–Crippen LogP) is 1.57. The molecule has 0 N–H and O–H groups in total. The van der Waals surface area contributed by atoms with Crippen LogP contribution in [0.3, 0.4) is 0 Å². The van der Waals surface area contributed by atoms with Gasteiger partial charge in [-0.05, 0) is 6.08 Å². The van der Waals surface area contributed by atoms with Gasteiger partial charge in [0, 0.05) is 19.5 Å². The molecule has 2 rings (SSSR count). The minimum absolute atomic E-state index is 0.0620. The van der Waals surface area contributed by atoms with Gasteiger partial charge in [0.15, 0.2) is 0 Å². The number of allylic oxidation sites excluding steroid dienone is 3. The average Bonchev–Trinajstić information content (AvgIpc) is 2.55. The Kier molecular flexibility index (Phi) is 2.99. The van der Waals surface area contributed by atoms with Crippen LogP contribution < -0.4 is 0 Å². The Balaban J connectivity index is 2.42. The highest BCUT2D eigenvalue weighted by Crippen LogP contribution is 2.24. The van der Waals surface area contributed by atoms with Crippen LogP contribution in [0.4, 0.5) is 0 Å². The fourth-order valence-electron chi connectivity index (χ4n) is 1.73. The van der Waals surface area contributed by atoms with Crippen LogP contribution in [-0.2, 0) is 14.3 Å². The molecule has 16 heavy (non-hydrogen) atoms. The largest absolute Gasteiger partial charge is 0.501 e. The molecule has 1 aliphatic carbocycles. The molecule has 0 saturated carbocycles. The number of likely N-dealkylation sites (N-methyl/N-ethyl adjacent to an activating group) is 1. The van der Waals surface area contributed by atoms with Crippen LogP contribution in [0.15, 0.2) is 35.4 Å². The van der Waals surface area contributed by atoms with E-state index in [1.807, 2.05) is 18.2 Å². The van der Waals surface area contributed by atoms with Crippen molar-refractivity contribution in [1.29, 1.82) is 0 Å². The summed E-state index contributed by atoms with van der Waals surface area (Å²) in [5, 5.41) is 0. The fourth-order valence-corrected chi connectivity index (χ4v) is 1.73. The number of methoxy groups -OCH3 is 1. The van der Waals surface area contributed by atoms with Gasteiger partial charge in [0.1, 0.15) is 11.5 Å². The number of rotatable bonds is 1. The minimum Gasteiger partial charge on any atom is -0.501 e. The Morgan fingerprint density at radius 3 is 3.06 bits per heavy atom. The molecule has 0 aromatic rings. The van der Waals surface area contributed by atoms with Gasteiger partial charge in [-0.3, -0.25) is 4.79 Å². The maximum absolute atomic E-state index is 11.7. The molecule has 0 bridgehead atoms. The molecule has 1 aliphatic heterocycles. The fraction of sp³-hybridized carbons (Fsp3) is 0.417. The molecule has 1 amide bonds. The standard InChI is InChI=1S/C12H15NO3/c1-13-10-8-9(15-2)4-3-5-11(10)16-7-6-12(13)14/h3,5,8H,4,6-7H2,1-2H3. The Bertz CT molecular complexity index is 393. The number of hydrogen-bond acceptors (Lipinski definition) is 3. The highest BCUT2D eigenvalue weighted by atomic mass is 16.5. The third kappa shape index (κ3) is 1.96. The van der Waals surface area contributed by atoms with Gasteiger partial charge in [-0.15, -0.1) is 0 Å². The number of amides is 1. The van der Waals surface area contributed by atoms with Crippen LogP contribution in [0.25, 0.3) is 0 Å². The SMILES string of the molecule is COC1=CC2=C(C=CC1)OCCC(=O)N2C. The second-order valence-electron chi connectivity index (χ2n) is 3.72. The van der Waals surface area contributed by atoms with Gasteiger partial charge in [-0.25, -0.2) is 0 Å². The lowest BCUT2D eigenvalue weighted by molar-refractivity contribution is -0.128. The normalized spacial score (nSPS) is 20.8. The van der Waals surface area contributed by atoms with Crippen molar-refractivity contribution in [3.05, 3.63) is 35.4 Å². The zero-order valence-electron chi connectivity index (χ0n) is 9.53. The van der Waals surface area contributed by atoms with E-state index in [-0.39, 0.29) is 5.91 Å². The molecule has 4 nitrogen and oxygen atoms in total. The molecule has 0 aromatic heterocycles. The first-order chi connectivity index (χ1) is 7.72. The van der Waals surface area contributed by atoms with Gasteiger partial charge in [0.2, 0.25) is 5.91 Å². The second-order valence-corrected chi connectivity index (χ2v) is 3.72. The molecule has 0 saturated heterocycles. The second kappa shape index (κ2) is 4.43. The highest BCUT2D eigenvalue weighted by Gasteiger charge is 2.21. The van der Waals surface area contributed by atoms with Crippen LogP contribution in [0, 0.1) is 0 Å².